The third kappa shape index (κ3) is 35.9. The highest BCUT2D eigenvalue weighted by atomic mass is 16.6. The maximum absolute atomic E-state index is 13.4. The molecule has 0 bridgehead atoms. The molecule has 0 amide bonds. The number of carbonyl (C=O) groups excluding carboxylic acids is 4. The summed E-state index contributed by atoms with van der Waals surface area (Å²) >= 11 is 0. The second-order valence-corrected chi connectivity index (χ2v) is 15.8. The number of carboxylic acid groups (broad SMARTS) is 2. The number of hydrogen-bond acceptors (Lipinski definition) is 10. The van der Waals surface area contributed by atoms with Crippen molar-refractivity contribution in [3.63, 3.8) is 0 Å². The molecule has 0 aliphatic heterocycles. The summed E-state index contributed by atoms with van der Waals surface area (Å²) in [5.41, 5.74) is 0. The van der Waals surface area contributed by atoms with Gasteiger partial charge in [-0.1, -0.05) is 181 Å². The molecule has 12 heteroatoms. The van der Waals surface area contributed by atoms with Crippen LogP contribution in [-0.2, 0) is 47.7 Å². The van der Waals surface area contributed by atoms with Crippen molar-refractivity contribution in [2.45, 2.75) is 244 Å². The summed E-state index contributed by atoms with van der Waals surface area (Å²) in [6.07, 6.45) is 26.9. The normalized spacial score (nSPS) is 12.1. The average molecular weight is 827 g/mol. The van der Waals surface area contributed by atoms with Gasteiger partial charge >= 0.3 is 35.8 Å². The van der Waals surface area contributed by atoms with Crippen LogP contribution in [-0.4, -0.2) is 71.5 Å². The Morgan fingerprint density at radius 1 is 0.345 bits per heavy atom. The van der Waals surface area contributed by atoms with E-state index in [1.807, 2.05) is 0 Å². The van der Waals surface area contributed by atoms with E-state index >= 15 is 0 Å². The zero-order chi connectivity index (χ0) is 42.9. The predicted molar refractivity (Wildman–Crippen MR) is 225 cm³/mol. The fourth-order valence-corrected chi connectivity index (χ4v) is 6.74. The molecule has 0 rings (SSSR count). The third-order valence-corrected chi connectivity index (χ3v) is 10.3. The first-order valence-corrected chi connectivity index (χ1v) is 23.3. The lowest BCUT2D eigenvalue weighted by molar-refractivity contribution is -0.192. The molecular weight excluding hydrogens is 744 g/mol. The van der Waals surface area contributed by atoms with Gasteiger partial charge in [0.2, 0.25) is 12.2 Å². The topological polar surface area (TPSA) is 180 Å². The van der Waals surface area contributed by atoms with E-state index in [9.17, 15) is 28.8 Å². The molecule has 0 saturated carbocycles. The van der Waals surface area contributed by atoms with E-state index in [1.165, 1.54) is 116 Å². The summed E-state index contributed by atoms with van der Waals surface area (Å²) in [6.45, 7) is 4.45. The maximum atomic E-state index is 13.4. The van der Waals surface area contributed by atoms with Gasteiger partial charge in [-0.2, -0.15) is 0 Å². The van der Waals surface area contributed by atoms with E-state index in [0.717, 1.165) is 51.4 Å². The van der Waals surface area contributed by atoms with Gasteiger partial charge in [-0.3, -0.25) is 19.2 Å². The largest absolute Gasteiger partial charge is 0.481 e. The second-order valence-electron chi connectivity index (χ2n) is 15.8. The second kappa shape index (κ2) is 40.6. The third-order valence-electron chi connectivity index (χ3n) is 10.3. The lowest BCUT2D eigenvalue weighted by Crippen LogP contribution is -2.47. The Bertz CT molecular complexity index is 979. The van der Waals surface area contributed by atoms with Crippen molar-refractivity contribution in [3.8, 4) is 0 Å². The van der Waals surface area contributed by atoms with Crippen molar-refractivity contribution >= 4 is 35.8 Å². The Labute approximate surface area is 350 Å². The average Bonchev–Trinajstić information content (AvgIpc) is 3.18. The lowest BCUT2D eigenvalue weighted by atomic mass is 10.0. The van der Waals surface area contributed by atoms with E-state index in [1.54, 1.807) is 0 Å². The van der Waals surface area contributed by atoms with Crippen molar-refractivity contribution in [1.29, 1.82) is 0 Å². The number of rotatable bonds is 43. The molecule has 2 unspecified atom stereocenters. The quantitative estimate of drug-likeness (QED) is 0.0338. The molecule has 0 aromatic heterocycles. The standard InChI is InChI=1S/C46H82O12/c1-3-5-7-9-11-13-15-17-19-21-23-25-27-29-37-55-45(53)43(57-41(51)35-31-33-39(47)48)44(58-42(52)36-32-34-40(49)50)46(54)56-38-30-28-26-24-22-20-18-16-14-12-10-8-6-4-2/h43-44H,3-38H2,1-2H3,(H,47,48)(H,49,50). The van der Waals surface area contributed by atoms with Crippen LogP contribution in [0.2, 0.25) is 0 Å². The fourth-order valence-electron chi connectivity index (χ4n) is 6.74. The summed E-state index contributed by atoms with van der Waals surface area (Å²) in [5.74, 6) is -6.33. The van der Waals surface area contributed by atoms with Crippen LogP contribution in [0.5, 0.6) is 0 Å². The van der Waals surface area contributed by atoms with Crippen molar-refractivity contribution in [3.05, 3.63) is 0 Å². The van der Waals surface area contributed by atoms with Gasteiger partial charge in [0.15, 0.2) is 0 Å². The summed E-state index contributed by atoms with van der Waals surface area (Å²) in [4.78, 5) is 74.2. The van der Waals surface area contributed by atoms with Crippen LogP contribution in [0.4, 0.5) is 0 Å². The number of unbranched alkanes of at least 4 members (excludes halogenated alkanes) is 26. The van der Waals surface area contributed by atoms with Crippen molar-refractivity contribution in [2.75, 3.05) is 13.2 Å². The van der Waals surface area contributed by atoms with Crippen molar-refractivity contribution in [1.82, 2.24) is 0 Å². The molecule has 0 aliphatic carbocycles. The number of aliphatic carboxylic acids is 2. The molecule has 0 aromatic rings. The predicted octanol–water partition coefficient (Wildman–Crippen LogP) is 11.4. The van der Waals surface area contributed by atoms with Gasteiger partial charge in [0, 0.05) is 25.7 Å². The van der Waals surface area contributed by atoms with Crippen LogP contribution in [0.15, 0.2) is 0 Å². The van der Waals surface area contributed by atoms with E-state index in [4.69, 9.17) is 29.2 Å². The van der Waals surface area contributed by atoms with E-state index in [2.05, 4.69) is 13.8 Å². The monoisotopic (exact) mass is 827 g/mol. The highest BCUT2D eigenvalue weighted by molar-refractivity contribution is 5.89. The molecule has 0 aromatic carbocycles. The maximum Gasteiger partial charge on any atom is 0.352 e. The number of carboxylic acids is 2. The molecular formula is C46H82O12. The first-order valence-electron chi connectivity index (χ1n) is 23.3. The number of ether oxygens (including phenoxy) is 4. The Hall–Kier alpha value is -3.18. The Kier molecular flexibility index (Phi) is 38.4. The molecule has 12 nitrogen and oxygen atoms in total. The van der Waals surface area contributed by atoms with Crippen LogP contribution in [0.3, 0.4) is 0 Å². The van der Waals surface area contributed by atoms with Gasteiger partial charge in [-0.25, -0.2) is 9.59 Å². The molecule has 0 fully saturated rings. The summed E-state index contributed by atoms with van der Waals surface area (Å²) in [7, 11) is 0. The van der Waals surface area contributed by atoms with Gasteiger partial charge in [-0.15, -0.1) is 0 Å². The zero-order valence-corrected chi connectivity index (χ0v) is 36.6. The number of carbonyl (C=O) groups is 6. The Morgan fingerprint density at radius 3 is 0.828 bits per heavy atom. The van der Waals surface area contributed by atoms with Gasteiger partial charge in [0.25, 0.3) is 0 Å². The molecule has 2 atom stereocenters. The zero-order valence-electron chi connectivity index (χ0n) is 36.6. The van der Waals surface area contributed by atoms with Crippen molar-refractivity contribution < 1.29 is 57.9 Å². The first kappa shape index (κ1) is 54.8. The molecule has 2 N–H and O–H groups in total. The SMILES string of the molecule is CCCCCCCCCCCCCCCCOC(=O)C(OC(=O)CCCC(=O)O)C(OC(=O)CCCC(=O)O)C(=O)OCCCCCCCCCCCCCCCC. The number of esters is 4. The molecule has 0 aliphatic rings. The van der Waals surface area contributed by atoms with Gasteiger partial charge < -0.3 is 29.2 Å². The van der Waals surface area contributed by atoms with Gasteiger partial charge in [-0.05, 0) is 25.7 Å². The molecule has 0 heterocycles. The highest BCUT2D eigenvalue weighted by Crippen LogP contribution is 2.18. The molecule has 338 valence electrons. The Balaban J connectivity index is 5.06. The van der Waals surface area contributed by atoms with Crippen LogP contribution >= 0.6 is 0 Å². The smallest absolute Gasteiger partial charge is 0.352 e. The van der Waals surface area contributed by atoms with Crippen LogP contribution < -0.4 is 0 Å². The van der Waals surface area contributed by atoms with Crippen LogP contribution in [0.1, 0.15) is 232 Å². The van der Waals surface area contributed by atoms with Crippen LogP contribution in [0, 0.1) is 0 Å². The molecule has 0 spiro atoms. The van der Waals surface area contributed by atoms with Crippen molar-refractivity contribution in [2.24, 2.45) is 0 Å². The molecule has 0 radical (unpaired) electrons. The minimum Gasteiger partial charge on any atom is -0.481 e. The van der Waals surface area contributed by atoms with Gasteiger partial charge in [0.05, 0.1) is 13.2 Å². The van der Waals surface area contributed by atoms with Crippen LogP contribution in [0.25, 0.3) is 0 Å². The summed E-state index contributed by atoms with van der Waals surface area (Å²) in [6, 6.07) is 0. The van der Waals surface area contributed by atoms with E-state index < -0.39 is 48.0 Å². The van der Waals surface area contributed by atoms with Gasteiger partial charge in [0.1, 0.15) is 0 Å². The first-order chi connectivity index (χ1) is 28.1. The molecule has 0 saturated heterocycles. The fraction of sp³-hybridized carbons (Fsp3) is 0.870. The summed E-state index contributed by atoms with van der Waals surface area (Å²) in [5, 5.41) is 17.9. The highest BCUT2D eigenvalue weighted by Gasteiger charge is 2.42. The Morgan fingerprint density at radius 2 is 0.586 bits per heavy atom. The lowest BCUT2D eigenvalue weighted by Gasteiger charge is -2.24. The molecule has 58 heavy (non-hydrogen) atoms. The van der Waals surface area contributed by atoms with E-state index in [0.29, 0.717) is 12.8 Å². The number of hydrogen-bond donors (Lipinski definition) is 2. The minimum absolute atomic E-state index is 0.00268. The van der Waals surface area contributed by atoms with E-state index in [-0.39, 0.29) is 51.7 Å². The summed E-state index contributed by atoms with van der Waals surface area (Å²) < 4.78 is 21.5. The minimum atomic E-state index is -1.98.